The maximum Gasteiger partial charge on any atom is 0.236 e. The van der Waals surface area contributed by atoms with E-state index in [0.717, 1.165) is 23.8 Å². The Labute approximate surface area is 110 Å². The molecule has 2 rings (SSSR count). The van der Waals surface area contributed by atoms with Crippen molar-refractivity contribution in [2.45, 2.75) is 18.8 Å². The van der Waals surface area contributed by atoms with Gasteiger partial charge in [0.2, 0.25) is 5.91 Å². The molecule has 1 unspecified atom stereocenters. The van der Waals surface area contributed by atoms with Crippen LogP contribution in [0.25, 0.3) is 0 Å². The fraction of sp³-hybridized carbons (Fsp3) is 0.636. The van der Waals surface area contributed by atoms with Gasteiger partial charge in [-0.3, -0.25) is 9.69 Å². The minimum atomic E-state index is 0.178. The van der Waals surface area contributed by atoms with E-state index >= 15 is 0 Å². The molecule has 1 saturated heterocycles. The van der Waals surface area contributed by atoms with Gasteiger partial charge in [-0.2, -0.15) is 0 Å². The van der Waals surface area contributed by atoms with Crippen LogP contribution in [0.3, 0.4) is 0 Å². The molecule has 2 heterocycles. The van der Waals surface area contributed by atoms with Gasteiger partial charge in [0, 0.05) is 25.5 Å². The van der Waals surface area contributed by atoms with E-state index in [-0.39, 0.29) is 11.9 Å². The van der Waals surface area contributed by atoms with Crippen molar-refractivity contribution >= 4 is 28.8 Å². The number of likely N-dealkylation sites (N-methyl/N-ethyl adjacent to an activating group) is 1. The van der Waals surface area contributed by atoms with Crippen LogP contribution in [-0.2, 0) is 10.7 Å². The monoisotopic (exact) mass is 273 g/mol. The molecular weight excluding hydrogens is 258 g/mol. The lowest BCUT2D eigenvalue weighted by Crippen LogP contribution is -2.49. The molecule has 0 aromatic carbocycles. The number of amides is 1. The summed E-state index contributed by atoms with van der Waals surface area (Å²) in [5.41, 5.74) is 0.916. The predicted molar refractivity (Wildman–Crippen MR) is 69.3 cm³/mol. The van der Waals surface area contributed by atoms with Crippen LogP contribution in [0, 0.1) is 0 Å². The molecule has 0 aliphatic carbocycles. The molecule has 94 valence electrons. The first-order valence-electron chi connectivity index (χ1n) is 5.60. The quantitative estimate of drug-likeness (QED) is 0.787. The van der Waals surface area contributed by atoms with E-state index in [1.807, 2.05) is 12.4 Å². The Morgan fingerprint density at radius 3 is 2.94 bits per heavy atom. The second-order valence-electron chi connectivity index (χ2n) is 4.27. The molecule has 4 nitrogen and oxygen atoms in total. The minimum absolute atomic E-state index is 0.178. The number of piperazine rings is 1. The van der Waals surface area contributed by atoms with Crippen LogP contribution in [-0.4, -0.2) is 47.4 Å². The van der Waals surface area contributed by atoms with Crippen LogP contribution in [0.5, 0.6) is 0 Å². The molecule has 1 amide bonds. The summed E-state index contributed by atoms with van der Waals surface area (Å²) in [7, 11) is 1.85. The van der Waals surface area contributed by atoms with Crippen molar-refractivity contribution in [2.75, 3.05) is 26.7 Å². The third-order valence-corrected chi connectivity index (χ3v) is 4.44. The van der Waals surface area contributed by atoms with Crippen LogP contribution in [0.2, 0.25) is 0 Å². The second kappa shape index (κ2) is 5.33. The van der Waals surface area contributed by atoms with E-state index in [0.29, 0.717) is 12.4 Å². The lowest BCUT2D eigenvalue weighted by Gasteiger charge is -2.35. The average Bonchev–Trinajstić information content (AvgIpc) is 2.80. The number of thiazole rings is 1. The molecule has 0 saturated carbocycles. The third kappa shape index (κ3) is 2.78. The van der Waals surface area contributed by atoms with Gasteiger partial charge in [0.15, 0.2) is 0 Å². The molecule has 1 atom stereocenters. The van der Waals surface area contributed by atoms with Crippen molar-refractivity contribution in [2.24, 2.45) is 0 Å². The summed E-state index contributed by atoms with van der Waals surface area (Å²) in [6.07, 6.45) is 0. The van der Waals surface area contributed by atoms with Crippen molar-refractivity contribution in [3.8, 4) is 0 Å². The molecule has 1 aromatic rings. The molecular formula is C11H16ClN3OS. The average molecular weight is 274 g/mol. The van der Waals surface area contributed by atoms with Gasteiger partial charge in [-0.15, -0.1) is 22.9 Å². The summed E-state index contributed by atoms with van der Waals surface area (Å²) in [4.78, 5) is 20.1. The van der Waals surface area contributed by atoms with Gasteiger partial charge < -0.3 is 4.90 Å². The topological polar surface area (TPSA) is 36.4 Å². The number of hydrogen-bond donors (Lipinski definition) is 0. The van der Waals surface area contributed by atoms with Gasteiger partial charge in [0.1, 0.15) is 5.01 Å². The molecule has 0 bridgehead atoms. The molecule has 0 N–H and O–H groups in total. The van der Waals surface area contributed by atoms with Gasteiger partial charge in [0.05, 0.1) is 24.2 Å². The van der Waals surface area contributed by atoms with E-state index in [1.165, 1.54) is 0 Å². The molecule has 0 spiro atoms. The number of hydrogen-bond acceptors (Lipinski definition) is 4. The number of carbonyl (C=O) groups excluding carboxylic acids is 1. The zero-order valence-corrected chi connectivity index (χ0v) is 11.6. The molecule has 17 heavy (non-hydrogen) atoms. The molecule has 1 aromatic heterocycles. The highest BCUT2D eigenvalue weighted by atomic mass is 35.5. The summed E-state index contributed by atoms with van der Waals surface area (Å²) in [6, 6.07) is 0.189. The van der Waals surface area contributed by atoms with Gasteiger partial charge in [-0.05, 0) is 6.92 Å². The van der Waals surface area contributed by atoms with Crippen LogP contribution in [0.1, 0.15) is 23.7 Å². The van der Waals surface area contributed by atoms with Crippen molar-refractivity contribution in [1.82, 2.24) is 14.8 Å². The number of rotatable bonds is 3. The van der Waals surface area contributed by atoms with Gasteiger partial charge in [-0.1, -0.05) is 0 Å². The van der Waals surface area contributed by atoms with Gasteiger partial charge in [0.25, 0.3) is 0 Å². The number of alkyl halides is 1. The standard InChI is InChI=1S/C11H16ClN3OS/c1-8(11-13-9(5-12)7-17-11)15-4-3-14(2)10(16)6-15/h7-8H,3-6H2,1-2H3. The highest BCUT2D eigenvalue weighted by Crippen LogP contribution is 2.25. The Morgan fingerprint density at radius 2 is 2.35 bits per heavy atom. The fourth-order valence-electron chi connectivity index (χ4n) is 1.84. The number of carbonyl (C=O) groups is 1. The largest absolute Gasteiger partial charge is 0.343 e. The number of nitrogens with zero attached hydrogens (tertiary/aromatic N) is 3. The van der Waals surface area contributed by atoms with Crippen LogP contribution in [0.15, 0.2) is 5.38 Å². The Hall–Kier alpha value is -0.650. The first-order chi connectivity index (χ1) is 8.11. The Balaban J connectivity index is 2.04. The lowest BCUT2D eigenvalue weighted by atomic mass is 10.2. The lowest BCUT2D eigenvalue weighted by molar-refractivity contribution is -0.135. The fourth-order valence-corrected chi connectivity index (χ4v) is 2.98. The zero-order valence-electron chi connectivity index (χ0n) is 10.0. The molecule has 1 fully saturated rings. The van der Waals surface area contributed by atoms with Crippen LogP contribution in [0.4, 0.5) is 0 Å². The summed E-state index contributed by atoms with van der Waals surface area (Å²) in [5, 5.41) is 3.02. The molecule has 1 aliphatic heterocycles. The van der Waals surface area contributed by atoms with Crippen molar-refractivity contribution < 1.29 is 4.79 Å². The molecule has 1 aliphatic rings. The van der Waals surface area contributed by atoms with E-state index in [9.17, 15) is 4.79 Å². The van der Waals surface area contributed by atoms with Crippen molar-refractivity contribution in [3.05, 3.63) is 16.1 Å². The first kappa shape index (κ1) is 12.8. The Bertz CT molecular complexity index is 409. The summed E-state index contributed by atoms with van der Waals surface area (Å²) in [6.45, 7) is 4.26. The maximum atomic E-state index is 11.6. The summed E-state index contributed by atoms with van der Waals surface area (Å²) in [5.74, 6) is 0.627. The van der Waals surface area contributed by atoms with E-state index in [2.05, 4.69) is 16.8 Å². The summed E-state index contributed by atoms with van der Waals surface area (Å²) >= 11 is 7.36. The van der Waals surface area contributed by atoms with Crippen LogP contribution >= 0.6 is 22.9 Å². The highest BCUT2D eigenvalue weighted by Gasteiger charge is 2.26. The zero-order chi connectivity index (χ0) is 12.4. The second-order valence-corrected chi connectivity index (χ2v) is 5.43. The van der Waals surface area contributed by atoms with E-state index < -0.39 is 0 Å². The SMILES string of the molecule is CC(c1nc(CCl)cs1)N1CCN(C)C(=O)C1. The third-order valence-electron chi connectivity index (χ3n) is 3.10. The van der Waals surface area contributed by atoms with Crippen molar-refractivity contribution in [3.63, 3.8) is 0 Å². The normalized spacial score (nSPS) is 19.7. The van der Waals surface area contributed by atoms with Crippen LogP contribution < -0.4 is 0 Å². The Kier molecular flexibility index (Phi) is 4.01. The van der Waals surface area contributed by atoms with Gasteiger partial charge in [-0.25, -0.2) is 4.98 Å². The number of halogens is 1. The summed E-state index contributed by atoms with van der Waals surface area (Å²) < 4.78 is 0. The molecule has 0 radical (unpaired) electrons. The smallest absolute Gasteiger partial charge is 0.236 e. The predicted octanol–water partition coefficient (Wildman–Crippen LogP) is 1.72. The van der Waals surface area contributed by atoms with Crippen molar-refractivity contribution in [1.29, 1.82) is 0 Å². The maximum absolute atomic E-state index is 11.6. The molecule has 6 heteroatoms. The Morgan fingerprint density at radius 1 is 1.59 bits per heavy atom. The van der Waals surface area contributed by atoms with E-state index in [1.54, 1.807) is 16.2 Å². The highest BCUT2D eigenvalue weighted by molar-refractivity contribution is 7.09. The van der Waals surface area contributed by atoms with Gasteiger partial charge >= 0.3 is 0 Å². The first-order valence-corrected chi connectivity index (χ1v) is 7.01. The van der Waals surface area contributed by atoms with E-state index in [4.69, 9.17) is 11.6 Å². The minimum Gasteiger partial charge on any atom is -0.343 e. The number of aromatic nitrogens is 1.